The van der Waals surface area contributed by atoms with Gasteiger partial charge in [0.15, 0.2) is 0 Å². The summed E-state index contributed by atoms with van der Waals surface area (Å²) in [6, 6.07) is 9.71. The first kappa shape index (κ1) is 11.0. The van der Waals surface area contributed by atoms with E-state index in [1.54, 1.807) is 12.5 Å². The fourth-order valence-corrected chi connectivity index (χ4v) is 2.18. The number of pyridine rings is 1. The van der Waals surface area contributed by atoms with E-state index in [1.807, 2.05) is 30.3 Å². The van der Waals surface area contributed by atoms with Gasteiger partial charge in [-0.05, 0) is 24.3 Å². The number of hydrogen-bond acceptors (Lipinski definition) is 3. The van der Waals surface area contributed by atoms with Crippen molar-refractivity contribution in [1.82, 2.24) is 4.98 Å². The summed E-state index contributed by atoms with van der Waals surface area (Å²) in [5, 5.41) is 1.93. The molecular formula is C15H13NO2. The summed E-state index contributed by atoms with van der Waals surface area (Å²) in [6.07, 6.45) is 4.92. The van der Waals surface area contributed by atoms with Gasteiger partial charge in [0.2, 0.25) is 5.78 Å². The first-order valence-corrected chi connectivity index (χ1v) is 6.05. The van der Waals surface area contributed by atoms with Crippen molar-refractivity contribution in [1.29, 1.82) is 0 Å². The summed E-state index contributed by atoms with van der Waals surface area (Å²) >= 11 is 0. The second-order valence-electron chi connectivity index (χ2n) is 4.33. The fraction of sp³-hybridized carbons (Fsp3) is 0.200. The molecule has 1 aliphatic rings. The predicted octanol–water partition coefficient (Wildman–Crippen LogP) is 3.11. The third-order valence-electron chi connectivity index (χ3n) is 3.11. The average molecular weight is 239 g/mol. The number of carbonyl (C=O) groups excluding carboxylic acids is 1. The van der Waals surface area contributed by atoms with E-state index in [0.717, 1.165) is 23.6 Å². The number of allylic oxidation sites excluding steroid dienone is 1. The molecule has 3 rings (SSSR count). The van der Waals surface area contributed by atoms with Gasteiger partial charge in [0, 0.05) is 17.2 Å². The Hall–Kier alpha value is -2.16. The Morgan fingerprint density at radius 3 is 2.94 bits per heavy atom. The van der Waals surface area contributed by atoms with Crippen LogP contribution in [0.2, 0.25) is 0 Å². The van der Waals surface area contributed by atoms with E-state index >= 15 is 0 Å². The second-order valence-corrected chi connectivity index (χ2v) is 4.33. The van der Waals surface area contributed by atoms with Crippen LogP contribution in [0.4, 0.5) is 0 Å². The minimum Gasteiger partial charge on any atom is -0.501 e. The van der Waals surface area contributed by atoms with Crippen LogP contribution < -0.4 is 0 Å². The quantitative estimate of drug-likeness (QED) is 0.756. The summed E-state index contributed by atoms with van der Waals surface area (Å²) < 4.78 is 5.23. The molecule has 90 valence electrons. The van der Waals surface area contributed by atoms with Crippen LogP contribution in [-0.2, 0) is 4.74 Å². The smallest absolute Gasteiger partial charge is 0.211 e. The van der Waals surface area contributed by atoms with Crippen molar-refractivity contribution in [3.63, 3.8) is 0 Å². The molecule has 0 aliphatic carbocycles. The molecule has 0 unspecified atom stereocenters. The lowest BCUT2D eigenvalue weighted by Gasteiger charge is -2.13. The maximum absolute atomic E-state index is 12.4. The van der Waals surface area contributed by atoms with Crippen LogP contribution in [0, 0.1) is 0 Å². The van der Waals surface area contributed by atoms with Crippen molar-refractivity contribution in [2.75, 3.05) is 6.61 Å². The molecular weight excluding hydrogens is 226 g/mol. The lowest BCUT2D eigenvalue weighted by molar-refractivity contribution is 0.101. The van der Waals surface area contributed by atoms with Gasteiger partial charge in [0.1, 0.15) is 5.69 Å². The standard InChI is InChI=1S/C15H13NO2/c17-15(12-5-3-9-18-10-12)14-13-6-2-1-4-11(13)7-8-16-14/h1-2,4,6-8,10H,3,5,9H2. The van der Waals surface area contributed by atoms with Gasteiger partial charge in [-0.25, -0.2) is 0 Å². The lowest BCUT2D eigenvalue weighted by Crippen LogP contribution is -2.11. The first-order valence-electron chi connectivity index (χ1n) is 6.05. The number of fused-ring (bicyclic) bond motifs is 1. The third-order valence-corrected chi connectivity index (χ3v) is 3.11. The summed E-state index contributed by atoms with van der Waals surface area (Å²) in [7, 11) is 0. The lowest BCUT2D eigenvalue weighted by atomic mass is 9.99. The zero-order valence-corrected chi connectivity index (χ0v) is 9.93. The minimum absolute atomic E-state index is 0.0218. The van der Waals surface area contributed by atoms with Gasteiger partial charge in [-0.15, -0.1) is 0 Å². The largest absolute Gasteiger partial charge is 0.501 e. The van der Waals surface area contributed by atoms with Crippen LogP contribution >= 0.6 is 0 Å². The van der Waals surface area contributed by atoms with Gasteiger partial charge >= 0.3 is 0 Å². The van der Waals surface area contributed by atoms with E-state index in [9.17, 15) is 4.79 Å². The molecule has 0 saturated heterocycles. The molecule has 0 amide bonds. The molecule has 1 aliphatic heterocycles. The monoisotopic (exact) mass is 239 g/mol. The molecule has 1 aromatic carbocycles. The molecule has 0 bridgehead atoms. The summed E-state index contributed by atoms with van der Waals surface area (Å²) in [5.74, 6) is -0.0218. The van der Waals surface area contributed by atoms with Crippen LogP contribution in [-0.4, -0.2) is 17.4 Å². The van der Waals surface area contributed by atoms with Crippen LogP contribution in [0.3, 0.4) is 0 Å². The van der Waals surface area contributed by atoms with Crippen LogP contribution in [0.25, 0.3) is 10.8 Å². The van der Waals surface area contributed by atoms with Crippen molar-refractivity contribution in [3.8, 4) is 0 Å². The Balaban J connectivity index is 2.09. The highest BCUT2D eigenvalue weighted by molar-refractivity contribution is 6.14. The molecule has 18 heavy (non-hydrogen) atoms. The van der Waals surface area contributed by atoms with Gasteiger partial charge in [0.05, 0.1) is 12.9 Å². The zero-order valence-electron chi connectivity index (χ0n) is 9.93. The number of carbonyl (C=O) groups is 1. The van der Waals surface area contributed by atoms with Gasteiger partial charge in [-0.3, -0.25) is 9.78 Å². The van der Waals surface area contributed by atoms with E-state index < -0.39 is 0 Å². The number of Topliss-reactive ketones (excluding diaryl/α,β-unsaturated/α-hetero) is 1. The Bertz CT molecular complexity index is 626. The van der Waals surface area contributed by atoms with Crippen molar-refractivity contribution < 1.29 is 9.53 Å². The Kier molecular flexibility index (Phi) is 2.81. The number of hydrogen-bond donors (Lipinski definition) is 0. The summed E-state index contributed by atoms with van der Waals surface area (Å²) in [6.45, 7) is 0.694. The number of aromatic nitrogens is 1. The predicted molar refractivity (Wildman–Crippen MR) is 69.3 cm³/mol. The molecule has 1 aromatic heterocycles. The van der Waals surface area contributed by atoms with Gasteiger partial charge in [0.25, 0.3) is 0 Å². The molecule has 0 spiro atoms. The van der Waals surface area contributed by atoms with Crippen LogP contribution in [0.15, 0.2) is 48.4 Å². The Morgan fingerprint density at radius 1 is 1.22 bits per heavy atom. The van der Waals surface area contributed by atoms with Crippen LogP contribution in [0.5, 0.6) is 0 Å². The van der Waals surface area contributed by atoms with E-state index in [0.29, 0.717) is 17.9 Å². The number of rotatable bonds is 2. The zero-order chi connectivity index (χ0) is 12.4. The summed E-state index contributed by atoms with van der Waals surface area (Å²) in [5.41, 5.74) is 1.23. The molecule has 0 fully saturated rings. The second kappa shape index (κ2) is 4.61. The van der Waals surface area contributed by atoms with E-state index in [4.69, 9.17) is 4.74 Å². The fourth-order valence-electron chi connectivity index (χ4n) is 2.18. The highest BCUT2D eigenvalue weighted by Gasteiger charge is 2.18. The van der Waals surface area contributed by atoms with E-state index in [1.165, 1.54) is 0 Å². The molecule has 2 aromatic rings. The van der Waals surface area contributed by atoms with Gasteiger partial charge in [-0.2, -0.15) is 0 Å². The molecule has 0 radical (unpaired) electrons. The maximum atomic E-state index is 12.4. The molecule has 0 N–H and O–H groups in total. The summed E-state index contributed by atoms with van der Waals surface area (Å²) in [4.78, 5) is 16.6. The van der Waals surface area contributed by atoms with Crippen molar-refractivity contribution in [2.24, 2.45) is 0 Å². The topological polar surface area (TPSA) is 39.2 Å². The molecule has 3 heteroatoms. The molecule has 3 nitrogen and oxygen atoms in total. The number of ether oxygens (including phenoxy) is 1. The van der Waals surface area contributed by atoms with Crippen molar-refractivity contribution in [3.05, 3.63) is 54.1 Å². The Labute approximate surface area is 105 Å². The van der Waals surface area contributed by atoms with Crippen LogP contribution in [0.1, 0.15) is 23.3 Å². The number of ketones is 1. The SMILES string of the molecule is O=C(C1=COCCC1)c1nccc2ccccc12. The van der Waals surface area contributed by atoms with Crippen molar-refractivity contribution >= 4 is 16.6 Å². The van der Waals surface area contributed by atoms with E-state index in [-0.39, 0.29) is 5.78 Å². The maximum Gasteiger partial charge on any atom is 0.211 e. The van der Waals surface area contributed by atoms with Gasteiger partial charge in [-0.1, -0.05) is 24.3 Å². The third kappa shape index (κ3) is 1.88. The van der Waals surface area contributed by atoms with Gasteiger partial charge < -0.3 is 4.74 Å². The molecule has 0 atom stereocenters. The highest BCUT2D eigenvalue weighted by atomic mass is 16.5. The highest BCUT2D eigenvalue weighted by Crippen LogP contribution is 2.22. The normalized spacial score (nSPS) is 15.0. The average Bonchev–Trinajstić information content (AvgIpc) is 2.47. The first-order chi connectivity index (χ1) is 8.86. The van der Waals surface area contributed by atoms with Crippen molar-refractivity contribution in [2.45, 2.75) is 12.8 Å². The van der Waals surface area contributed by atoms with E-state index in [2.05, 4.69) is 4.98 Å². The molecule has 0 saturated carbocycles. The number of nitrogens with zero attached hydrogens (tertiary/aromatic N) is 1. The minimum atomic E-state index is -0.0218. The Morgan fingerprint density at radius 2 is 2.11 bits per heavy atom. The number of benzene rings is 1. The molecule has 2 heterocycles.